The minimum atomic E-state index is -0.215. The maximum absolute atomic E-state index is 12.7. The van der Waals surface area contributed by atoms with Crippen LogP contribution in [0.2, 0.25) is 0 Å². The van der Waals surface area contributed by atoms with Gasteiger partial charge in [0.1, 0.15) is 12.4 Å². The zero-order valence-corrected chi connectivity index (χ0v) is 17.9. The number of amides is 2. The molecule has 0 radical (unpaired) electrons. The Labute approximate surface area is 185 Å². The molecule has 0 bridgehead atoms. The number of hydrogen-bond acceptors (Lipinski definition) is 5. The van der Waals surface area contributed by atoms with Gasteiger partial charge in [0.25, 0.3) is 5.91 Å². The van der Waals surface area contributed by atoms with Crippen LogP contribution < -0.4 is 15.0 Å². The summed E-state index contributed by atoms with van der Waals surface area (Å²) in [5.41, 5.74) is 3.20. The lowest BCUT2D eigenvalue weighted by Crippen LogP contribution is -2.51. The van der Waals surface area contributed by atoms with Crippen molar-refractivity contribution in [3.05, 3.63) is 71.1 Å². The summed E-state index contributed by atoms with van der Waals surface area (Å²) in [6, 6.07) is 19.9. The summed E-state index contributed by atoms with van der Waals surface area (Å²) >= 11 is 1.45. The summed E-state index contributed by atoms with van der Waals surface area (Å²) in [6.45, 7) is 3.37. The van der Waals surface area contributed by atoms with Gasteiger partial charge in [0.2, 0.25) is 5.91 Å². The molecule has 6 nitrogen and oxygen atoms in total. The fourth-order valence-corrected chi connectivity index (χ4v) is 5.13. The molecule has 0 saturated carbocycles. The number of ether oxygens (including phenoxy) is 1. The standard InChI is InChI=1S/C24H23N3O3S/c28-22(27-12-10-26(11-13-27)18-6-2-1-3-7-18)15-25-24(29)21-14-17-16-30-20-9-5-4-8-19(20)23(17)31-21/h1-9,14H,10-13,15-16H2,(H,25,29). The summed E-state index contributed by atoms with van der Waals surface area (Å²) in [4.78, 5) is 31.1. The molecule has 3 aromatic rings. The molecule has 5 rings (SSSR count). The molecule has 1 aromatic heterocycles. The van der Waals surface area contributed by atoms with Crippen molar-refractivity contribution in [1.82, 2.24) is 10.2 Å². The van der Waals surface area contributed by atoms with Crippen LogP contribution in [0.1, 0.15) is 15.2 Å². The second kappa shape index (κ2) is 8.43. The number of fused-ring (bicyclic) bond motifs is 3. The number of thiophene rings is 1. The summed E-state index contributed by atoms with van der Waals surface area (Å²) in [5.74, 6) is 0.581. The number of carbonyl (C=O) groups is 2. The first-order valence-electron chi connectivity index (χ1n) is 10.4. The number of anilines is 1. The van der Waals surface area contributed by atoms with E-state index in [0.717, 1.165) is 34.8 Å². The Hall–Kier alpha value is -3.32. The van der Waals surface area contributed by atoms with Gasteiger partial charge < -0.3 is 19.9 Å². The largest absolute Gasteiger partial charge is 0.488 e. The quantitative estimate of drug-likeness (QED) is 0.685. The molecule has 7 heteroatoms. The van der Waals surface area contributed by atoms with E-state index in [-0.39, 0.29) is 18.4 Å². The van der Waals surface area contributed by atoms with Crippen molar-refractivity contribution in [1.29, 1.82) is 0 Å². The van der Waals surface area contributed by atoms with E-state index in [1.54, 1.807) is 0 Å². The number of carbonyl (C=O) groups excluding carboxylic acids is 2. The van der Waals surface area contributed by atoms with Crippen molar-refractivity contribution < 1.29 is 14.3 Å². The van der Waals surface area contributed by atoms with Gasteiger partial charge in [-0.3, -0.25) is 9.59 Å². The molecule has 0 aliphatic carbocycles. The molecule has 1 fully saturated rings. The second-order valence-corrected chi connectivity index (χ2v) is 8.69. The first-order valence-corrected chi connectivity index (χ1v) is 11.2. The average Bonchev–Trinajstić information content (AvgIpc) is 3.28. The highest BCUT2D eigenvalue weighted by molar-refractivity contribution is 7.17. The highest BCUT2D eigenvalue weighted by Crippen LogP contribution is 2.42. The lowest BCUT2D eigenvalue weighted by molar-refractivity contribution is -0.130. The third-order valence-electron chi connectivity index (χ3n) is 5.70. The average molecular weight is 434 g/mol. The monoisotopic (exact) mass is 433 g/mol. The van der Waals surface area contributed by atoms with Crippen molar-refractivity contribution in [3.63, 3.8) is 0 Å². The van der Waals surface area contributed by atoms with E-state index in [1.807, 2.05) is 53.4 Å². The molecular weight excluding hydrogens is 410 g/mol. The van der Waals surface area contributed by atoms with Crippen LogP contribution in [0, 0.1) is 0 Å². The van der Waals surface area contributed by atoms with E-state index < -0.39 is 0 Å². The Morgan fingerprint density at radius 3 is 2.52 bits per heavy atom. The zero-order valence-electron chi connectivity index (χ0n) is 17.0. The van der Waals surface area contributed by atoms with Crippen molar-refractivity contribution in [2.45, 2.75) is 6.61 Å². The Balaban J connectivity index is 1.17. The Morgan fingerprint density at radius 2 is 1.71 bits per heavy atom. The minimum absolute atomic E-state index is 0.0137. The van der Waals surface area contributed by atoms with E-state index in [4.69, 9.17) is 4.74 Å². The van der Waals surface area contributed by atoms with Gasteiger partial charge in [-0.15, -0.1) is 11.3 Å². The van der Waals surface area contributed by atoms with Crippen LogP contribution in [-0.2, 0) is 11.4 Å². The van der Waals surface area contributed by atoms with Crippen molar-refractivity contribution >= 4 is 28.8 Å². The molecule has 2 aromatic carbocycles. The third-order valence-corrected chi connectivity index (χ3v) is 6.91. The van der Waals surface area contributed by atoms with Crippen LogP contribution in [0.4, 0.5) is 5.69 Å². The van der Waals surface area contributed by atoms with Gasteiger partial charge in [-0.25, -0.2) is 0 Å². The van der Waals surface area contributed by atoms with Gasteiger partial charge in [0, 0.05) is 47.9 Å². The normalized spacial score (nSPS) is 15.0. The molecule has 1 N–H and O–H groups in total. The molecule has 0 atom stereocenters. The molecule has 2 aliphatic heterocycles. The smallest absolute Gasteiger partial charge is 0.261 e. The number of nitrogens with one attached hydrogen (secondary N) is 1. The predicted molar refractivity (Wildman–Crippen MR) is 122 cm³/mol. The summed E-state index contributed by atoms with van der Waals surface area (Å²) in [6.07, 6.45) is 0. The lowest BCUT2D eigenvalue weighted by atomic mass is 10.1. The topological polar surface area (TPSA) is 61.9 Å². The van der Waals surface area contributed by atoms with Crippen molar-refractivity contribution in [3.8, 4) is 16.2 Å². The molecule has 2 amide bonds. The molecule has 1 saturated heterocycles. The number of piperazine rings is 1. The minimum Gasteiger partial charge on any atom is -0.488 e. The molecule has 0 spiro atoms. The molecule has 3 heterocycles. The van der Waals surface area contributed by atoms with Crippen LogP contribution in [0.5, 0.6) is 5.75 Å². The number of benzene rings is 2. The number of hydrogen-bond donors (Lipinski definition) is 1. The Morgan fingerprint density at radius 1 is 0.968 bits per heavy atom. The van der Waals surface area contributed by atoms with E-state index >= 15 is 0 Å². The van der Waals surface area contributed by atoms with E-state index in [9.17, 15) is 9.59 Å². The number of para-hydroxylation sites is 2. The highest BCUT2D eigenvalue weighted by Gasteiger charge is 2.24. The summed E-state index contributed by atoms with van der Waals surface area (Å²) in [7, 11) is 0. The Bertz CT molecular complexity index is 1100. The molecule has 31 heavy (non-hydrogen) atoms. The van der Waals surface area contributed by atoms with Gasteiger partial charge in [-0.2, -0.15) is 0 Å². The summed E-state index contributed by atoms with van der Waals surface area (Å²) in [5, 5.41) is 2.80. The number of rotatable bonds is 4. The summed E-state index contributed by atoms with van der Waals surface area (Å²) < 4.78 is 5.77. The zero-order chi connectivity index (χ0) is 21.2. The molecule has 2 aliphatic rings. The lowest BCUT2D eigenvalue weighted by Gasteiger charge is -2.36. The fourth-order valence-electron chi connectivity index (χ4n) is 4.02. The first kappa shape index (κ1) is 19.6. The number of nitrogens with zero attached hydrogens (tertiary/aromatic N) is 2. The predicted octanol–water partition coefficient (Wildman–Crippen LogP) is 3.39. The Kier molecular flexibility index (Phi) is 5.34. The molecular formula is C24H23N3O3S. The van der Waals surface area contributed by atoms with Crippen LogP contribution in [-0.4, -0.2) is 49.4 Å². The SMILES string of the molecule is O=C(NCC(=O)N1CCN(c2ccccc2)CC1)c1cc2c(s1)-c1ccccc1OC2. The van der Waals surface area contributed by atoms with E-state index in [0.29, 0.717) is 24.6 Å². The van der Waals surface area contributed by atoms with Gasteiger partial charge in [0.15, 0.2) is 0 Å². The van der Waals surface area contributed by atoms with E-state index in [2.05, 4.69) is 22.3 Å². The fraction of sp³-hybridized carbons (Fsp3) is 0.250. The van der Waals surface area contributed by atoms with Crippen LogP contribution in [0.25, 0.3) is 10.4 Å². The highest BCUT2D eigenvalue weighted by atomic mass is 32.1. The maximum Gasteiger partial charge on any atom is 0.261 e. The third kappa shape index (κ3) is 4.01. The van der Waals surface area contributed by atoms with Crippen molar-refractivity contribution in [2.75, 3.05) is 37.6 Å². The molecule has 0 unspecified atom stereocenters. The maximum atomic E-state index is 12.7. The molecule has 158 valence electrons. The van der Waals surface area contributed by atoms with Crippen LogP contribution in [0.15, 0.2) is 60.7 Å². The van der Waals surface area contributed by atoms with Crippen molar-refractivity contribution in [2.24, 2.45) is 0 Å². The first-order chi connectivity index (χ1) is 15.2. The van der Waals surface area contributed by atoms with Gasteiger partial charge in [-0.05, 0) is 30.3 Å². The van der Waals surface area contributed by atoms with E-state index in [1.165, 1.54) is 17.0 Å². The second-order valence-electron chi connectivity index (χ2n) is 7.64. The van der Waals surface area contributed by atoms with Gasteiger partial charge in [0.05, 0.1) is 11.4 Å². The van der Waals surface area contributed by atoms with Crippen LogP contribution in [0.3, 0.4) is 0 Å². The van der Waals surface area contributed by atoms with Gasteiger partial charge >= 0.3 is 0 Å². The van der Waals surface area contributed by atoms with Crippen LogP contribution >= 0.6 is 11.3 Å². The van der Waals surface area contributed by atoms with Gasteiger partial charge in [-0.1, -0.05) is 30.3 Å².